The summed E-state index contributed by atoms with van der Waals surface area (Å²) >= 11 is 19.7. The first-order valence-electron chi connectivity index (χ1n) is 9.62. The van der Waals surface area contributed by atoms with E-state index in [9.17, 15) is 14.4 Å². The van der Waals surface area contributed by atoms with E-state index in [0.717, 1.165) is 19.3 Å². The summed E-state index contributed by atoms with van der Waals surface area (Å²) in [5.74, 6) is -0.537. The first-order valence-corrected chi connectivity index (χ1v) is 14.4. The standard InChI is InChI=1S/C18H22Br6N2O4/c1-2-3-11(27)30-16-6-10-4-14(8-16,25-12(28)17(19,20)21)7-15(5-10,9-16)26-13(29)18(22,23)24/h10H,2-9H2,1H3,(H,25,28)(H,26,29). The van der Waals surface area contributed by atoms with Gasteiger partial charge < -0.3 is 15.4 Å². The third-order valence-corrected chi connectivity index (χ3v) is 8.23. The van der Waals surface area contributed by atoms with E-state index in [2.05, 4.69) is 106 Å². The van der Waals surface area contributed by atoms with Crippen LogP contribution in [0.4, 0.5) is 0 Å². The molecular weight excluding hydrogens is 788 g/mol. The number of hydrogen-bond acceptors (Lipinski definition) is 4. The van der Waals surface area contributed by atoms with E-state index in [-0.39, 0.29) is 23.7 Å². The van der Waals surface area contributed by atoms with Gasteiger partial charge in [0.1, 0.15) is 5.60 Å². The molecule has 4 bridgehead atoms. The van der Waals surface area contributed by atoms with Crippen molar-refractivity contribution < 1.29 is 19.1 Å². The van der Waals surface area contributed by atoms with Crippen molar-refractivity contribution in [1.82, 2.24) is 10.6 Å². The molecule has 2 N–H and O–H groups in total. The second-order valence-electron chi connectivity index (χ2n) is 8.88. The average Bonchev–Trinajstić information content (AvgIpc) is 2.50. The molecule has 0 heterocycles. The molecule has 0 saturated heterocycles. The summed E-state index contributed by atoms with van der Waals surface area (Å²) < 4.78 is 3.89. The van der Waals surface area contributed by atoms with Crippen molar-refractivity contribution in [3.05, 3.63) is 0 Å². The maximum atomic E-state index is 12.8. The minimum Gasteiger partial charge on any atom is -0.459 e. The predicted octanol–water partition coefficient (Wildman–Crippen LogP) is 5.45. The zero-order valence-corrected chi connectivity index (χ0v) is 25.7. The summed E-state index contributed by atoms with van der Waals surface area (Å²) in [6.07, 6.45) is 5.05. The van der Waals surface area contributed by atoms with Crippen LogP contribution >= 0.6 is 95.6 Å². The van der Waals surface area contributed by atoms with Gasteiger partial charge in [-0.1, -0.05) is 6.92 Å². The fourth-order valence-corrected chi connectivity index (χ4v) is 6.46. The van der Waals surface area contributed by atoms with Gasteiger partial charge in [0.2, 0.25) is 4.29 Å². The van der Waals surface area contributed by atoms with Gasteiger partial charge in [-0.3, -0.25) is 14.4 Å². The normalized spacial score (nSPS) is 35.1. The molecule has 0 radical (unpaired) electrons. The van der Waals surface area contributed by atoms with E-state index in [4.69, 9.17) is 4.74 Å². The molecule has 0 aromatic rings. The highest BCUT2D eigenvalue weighted by molar-refractivity contribution is 9.40. The van der Waals surface area contributed by atoms with Gasteiger partial charge in [0.15, 0.2) is 0 Å². The van der Waals surface area contributed by atoms with Crippen molar-refractivity contribution in [3.8, 4) is 0 Å². The highest BCUT2D eigenvalue weighted by Gasteiger charge is 2.66. The number of esters is 1. The van der Waals surface area contributed by atoms with Crippen molar-refractivity contribution in [2.45, 2.75) is 79.3 Å². The zero-order valence-electron chi connectivity index (χ0n) is 16.1. The smallest absolute Gasteiger partial charge is 0.306 e. The summed E-state index contributed by atoms with van der Waals surface area (Å²) in [4.78, 5) is 38.0. The summed E-state index contributed by atoms with van der Waals surface area (Å²) in [6.45, 7) is 1.94. The van der Waals surface area contributed by atoms with Gasteiger partial charge in [0.25, 0.3) is 11.8 Å². The number of hydrogen-bond donors (Lipinski definition) is 2. The Balaban J connectivity index is 1.95. The average molecular weight is 810 g/mol. The molecule has 0 aromatic heterocycles. The molecule has 4 aliphatic rings. The van der Waals surface area contributed by atoms with Crippen LogP contribution in [-0.2, 0) is 19.1 Å². The van der Waals surface area contributed by atoms with Crippen LogP contribution in [0.15, 0.2) is 0 Å². The van der Waals surface area contributed by atoms with Crippen LogP contribution < -0.4 is 10.6 Å². The fraction of sp³-hybridized carbons (Fsp3) is 0.833. The Kier molecular flexibility index (Phi) is 7.61. The van der Waals surface area contributed by atoms with Gasteiger partial charge in [-0.05, 0) is 134 Å². The van der Waals surface area contributed by atoms with Crippen LogP contribution in [0.2, 0.25) is 0 Å². The van der Waals surface area contributed by atoms with E-state index in [0.29, 0.717) is 32.1 Å². The minimum atomic E-state index is -1.09. The molecule has 6 nitrogen and oxygen atoms in total. The molecule has 12 heteroatoms. The van der Waals surface area contributed by atoms with Gasteiger partial charge in [0.05, 0.1) is 0 Å². The Labute approximate surface area is 226 Å². The van der Waals surface area contributed by atoms with E-state index in [1.165, 1.54) is 0 Å². The number of amides is 2. The topological polar surface area (TPSA) is 84.5 Å². The lowest BCUT2D eigenvalue weighted by Crippen LogP contribution is -2.75. The summed E-state index contributed by atoms with van der Waals surface area (Å²) in [6, 6.07) is 0. The van der Waals surface area contributed by atoms with E-state index >= 15 is 0 Å². The van der Waals surface area contributed by atoms with Crippen molar-refractivity contribution in [2.24, 2.45) is 5.92 Å². The molecule has 2 amide bonds. The molecule has 30 heavy (non-hydrogen) atoms. The van der Waals surface area contributed by atoms with Crippen molar-refractivity contribution in [1.29, 1.82) is 0 Å². The molecule has 4 rings (SSSR count). The van der Waals surface area contributed by atoms with Gasteiger partial charge in [-0.15, -0.1) is 0 Å². The van der Waals surface area contributed by atoms with Crippen LogP contribution in [0.5, 0.6) is 0 Å². The van der Waals surface area contributed by atoms with Crippen molar-refractivity contribution in [2.75, 3.05) is 0 Å². The van der Waals surface area contributed by atoms with E-state index in [1.807, 2.05) is 6.92 Å². The SMILES string of the molecule is CCCC(=O)OC12CC3CC(NC(=O)C(Br)(Br)Br)(CC(NC(=O)C(Br)(Br)Br)(C3)C1)C2. The molecule has 0 spiro atoms. The Hall–Kier alpha value is 1.29. The number of halogens is 6. The number of carbonyl (C=O) groups is 3. The quantitative estimate of drug-likeness (QED) is 0.286. The number of ether oxygens (including phenoxy) is 1. The number of rotatable bonds is 5. The largest absolute Gasteiger partial charge is 0.459 e. The van der Waals surface area contributed by atoms with Gasteiger partial charge >= 0.3 is 5.97 Å². The number of carbonyl (C=O) groups excluding carboxylic acids is 3. The van der Waals surface area contributed by atoms with E-state index < -0.39 is 21.0 Å². The minimum absolute atomic E-state index is 0.224. The van der Waals surface area contributed by atoms with Crippen molar-refractivity contribution in [3.63, 3.8) is 0 Å². The monoisotopic (exact) mass is 804 g/mol. The van der Waals surface area contributed by atoms with Crippen LogP contribution in [0, 0.1) is 5.92 Å². The van der Waals surface area contributed by atoms with Gasteiger partial charge in [0, 0.05) is 30.3 Å². The second kappa shape index (κ2) is 8.82. The molecule has 170 valence electrons. The molecule has 0 aromatic carbocycles. The lowest BCUT2D eigenvalue weighted by Gasteiger charge is -2.65. The molecular formula is C18H22Br6N2O4. The van der Waals surface area contributed by atoms with Gasteiger partial charge in [-0.2, -0.15) is 0 Å². The summed E-state index contributed by atoms with van der Waals surface area (Å²) in [5.41, 5.74) is -1.86. The van der Waals surface area contributed by atoms with Crippen LogP contribution in [0.3, 0.4) is 0 Å². The molecule has 2 unspecified atom stereocenters. The molecule has 4 fully saturated rings. The molecule has 4 aliphatic carbocycles. The highest BCUT2D eigenvalue weighted by Crippen LogP contribution is 2.61. The van der Waals surface area contributed by atoms with Crippen LogP contribution in [0.1, 0.15) is 58.3 Å². The first kappa shape index (κ1) is 25.9. The fourth-order valence-electron chi connectivity index (χ4n) is 5.86. The Morgan fingerprint density at radius 1 is 0.867 bits per heavy atom. The first-order chi connectivity index (χ1) is 13.6. The molecule has 2 atom stereocenters. The number of alkyl halides is 6. The lowest BCUT2D eigenvalue weighted by molar-refractivity contribution is -0.199. The lowest BCUT2D eigenvalue weighted by atomic mass is 9.48. The van der Waals surface area contributed by atoms with E-state index in [1.54, 1.807) is 0 Å². The third-order valence-electron chi connectivity index (χ3n) is 6.07. The number of nitrogens with one attached hydrogen (secondary N) is 2. The van der Waals surface area contributed by atoms with Crippen LogP contribution in [0.25, 0.3) is 0 Å². The second-order valence-corrected chi connectivity index (χ2v) is 22.4. The Morgan fingerprint density at radius 2 is 1.33 bits per heavy atom. The molecule has 0 aliphatic heterocycles. The van der Waals surface area contributed by atoms with Crippen molar-refractivity contribution >= 4 is 113 Å². The third kappa shape index (κ3) is 5.67. The summed E-state index contributed by atoms with van der Waals surface area (Å²) in [7, 11) is 0. The maximum Gasteiger partial charge on any atom is 0.306 e. The maximum absolute atomic E-state index is 12.8. The highest BCUT2D eigenvalue weighted by atomic mass is 80.0. The predicted molar refractivity (Wildman–Crippen MR) is 136 cm³/mol. The molecule has 4 saturated carbocycles. The zero-order chi connectivity index (χ0) is 22.6. The summed E-state index contributed by atoms with van der Waals surface area (Å²) in [5, 5.41) is 6.35. The van der Waals surface area contributed by atoms with Gasteiger partial charge in [-0.25, -0.2) is 0 Å². The van der Waals surface area contributed by atoms with Crippen LogP contribution in [-0.4, -0.2) is 38.7 Å². The Morgan fingerprint density at radius 3 is 1.73 bits per heavy atom. The Bertz CT molecular complexity index is 706.